The molecule has 1 amide bonds. The Morgan fingerprint density at radius 2 is 1.91 bits per heavy atom. The fourth-order valence-corrected chi connectivity index (χ4v) is 4.22. The predicted octanol–water partition coefficient (Wildman–Crippen LogP) is 4.38. The molecule has 2 nitrogen and oxygen atoms in total. The number of fused-ring (bicyclic) bond motifs is 1. The van der Waals surface area contributed by atoms with Crippen molar-refractivity contribution >= 4 is 17.2 Å². The van der Waals surface area contributed by atoms with Gasteiger partial charge in [0, 0.05) is 16.8 Å². The van der Waals surface area contributed by atoms with Gasteiger partial charge in [0.05, 0.1) is 5.56 Å². The van der Waals surface area contributed by atoms with Gasteiger partial charge >= 0.3 is 0 Å². The standard InChI is InChI=1S/C19H23NOS/c21-19(20-13-7-10-15-8-3-1-4-9-15)17-14-22-18-12-6-2-5-11-16(17)18/h1,3-4,8-9,14H,2,5-7,10-13H2,(H,20,21). The van der Waals surface area contributed by atoms with Crippen molar-refractivity contribution in [2.75, 3.05) is 6.54 Å². The van der Waals surface area contributed by atoms with Crippen LogP contribution < -0.4 is 5.32 Å². The Morgan fingerprint density at radius 3 is 2.77 bits per heavy atom. The summed E-state index contributed by atoms with van der Waals surface area (Å²) in [6, 6.07) is 10.4. The molecule has 116 valence electrons. The zero-order chi connectivity index (χ0) is 15.2. The molecule has 0 bridgehead atoms. The van der Waals surface area contributed by atoms with Crippen molar-refractivity contribution in [2.45, 2.75) is 44.9 Å². The molecule has 2 aromatic rings. The average molecular weight is 313 g/mol. The molecule has 0 saturated carbocycles. The maximum atomic E-state index is 12.4. The summed E-state index contributed by atoms with van der Waals surface area (Å²) in [6.07, 6.45) is 8.01. The molecule has 0 atom stereocenters. The van der Waals surface area contributed by atoms with Crippen LogP contribution in [0.2, 0.25) is 0 Å². The molecule has 1 aromatic carbocycles. The third-order valence-electron chi connectivity index (χ3n) is 4.33. The quantitative estimate of drug-likeness (QED) is 0.644. The third kappa shape index (κ3) is 3.77. The van der Waals surface area contributed by atoms with E-state index in [1.807, 2.05) is 6.07 Å². The highest BCUT2D eigenvalue weighted by atomic mass is 32.1. The third-order valence-corrected chi connectivity index (χ3v) is 5.42. The van der Waals surface area contributed by atoms with E-state index in [9.17, 15) is 4.79 Å². The molecule has 0 spiro atoms. The molecule has 0 aliphatic heterocycles. The first-order chi connectivity index (χ1) is 10.8. The highest BCUT2D eigenvalue weighted by Gasteiger charge is 2.18. The van der Waals surface area contributed by atoms with E-state index in [2.05, 4.69) is 35.0 Å². The van der Waals surface area contributed by atoms with Gasteiger partial charge in [0.1, 0.15) is 0 Å². The summed E-state index contributed by atoms with van der Waals surface area (Å²) in [7, 11) is 0. The number of amides is 1. The van der Waals surface area contributed by atoms with Gasteiger partial charge in [-0.3, -0.25) is 4.79 Å². The normalized spacial score (nSPS) is 14.2. The fourth-order valence-electron chi connectivity index (χ4n) is 3.10. The molecule has 1 aliphatic carbocycles. The molecule has 1 heterocycles. The minimum atomic E-state index is 0.118. The Morgan fingerprint density at radius 1 is 1.09 bits per heavy atom. The fraction of sp³-hybridized carbons (Fsp3) is 0.421. The van der Waals surface area contributed by atoms with Crippen LogP contribution in [0.25, 0.3) is 0 Å². The lowest BCUT2D eigenvalue weighted by atomic mass is 10.1. The van der Waals surface area contributed by atoms with Crippen molar-refractivity contribution in [2.24, 2.45) is 0 Å². The van der Waals surface area contributed by atoms with Crippen LogP contribution in [0.4, 0.5) is 0 Å². The summed E-state index contributed by atoms with van der Waals surface area (Å²) in [5, 5.41) is 5.15. The van der Waals surface area contributed by atoms with E-state index < -0.39 is 0 Å². The minimum absolute atomic E-state index is 0.118. The van der Waals surface area contributed by atoms with Gasteiger partial charge in [0.25, 0.3) is 5.91 Å². The van der Waals surface area contributed by atoms with E-state index in [0.29, 0.717) is 0 Å². The number of benzene rings is 1. The molecule has 1 aromatic heterocycles. The highest BCUT2D eigenvalue weighted by Crippen LogP contribution is 2.29. The number of hydrogen-bond acceptors (Lipinski definition) is 2. The Kier molecular flexibility index (Phi) is 5.28. The first kappa shape index (κ1) is 15.3. The highest BCUT2D eigenvalue weighted by molar-refractivity contribution is 7.10. The van der Waals surface area contributed by atoms with Crippen molar-refractivity contribution in [1.82, 2.24) is 5.32 Å². The molecule has 1 N–H and O–H groups in total. The summed E-state index contributed by atoms with van der Waals surface area (Å²) in [5.74, 6) is 0.118. The van der Waals surface area contributed by atoms with Crippen LogP contribution in [-0.4, -0.2) is 12.5 Å². The lowest BCUT2D eigenvalue weighted by Crippen LogP contribution is -2.25. The van der Waals surface area contributed by atoms with Crippen LogP contribution in [-0.2, 0) is 19.3 Å². The van der Waals surface area contributed by atoms with Crippen LogP contribution in [0.1, 0.15) is 52.0 Å². The number of rotatable bonds is 5. The van der Waals surface area contributed by atoms with Gasteiger partial charge in [-0.2, -0.15) is 0 Å². The van der Waals surface area contributed by atoms with Gasteiger partial charge in [-0.25, -0.2) is 0 Å². The van der Waals surface area contributed by atoms with Gasteiger partial charge in [0.2, 0.25) is 0 Å². The van der Waals surface area contributed by atoms with Crippen molar-refractivity contribution in [3.05, 3.63) is 57.3 Å². The molecular weight excluding hydrogens is 290 g/mol. The van der Waals surface area contributed by atoms with Crippen molar-refractivity contribution in [1.29, 1.82) is 0 Å². The van der Waals surface area contributed by atoms with Gasteiger partial charge in [0.15, 0.2) is 0 Å². The number of hydrogen-bond donors (Lipinski definition) is 1. The molecule has 3 heteroatoms. The van der Waals surface area contributed by atoms with Gasteiger partial charge < -0.3 is 5.32 Å². The average Bonchev–Trinajstić information content (AvgIpc) is 2.81. The van der Waals surface area contributed by atoms with Crippen LogP contribution >= 0.6 is 11.3 Å². The van der Waals surface area contributed by atoms with E-state index >= 15 is 0 Å². The lowest BCUT2D eigenvalue weighted by Gasteiger charge is -2.07. The first-order valence-electron chi connectivity index (χ1n) is 8.26. The van der Waals surface area contributed by atoms with Crippen LogP contribution in [0.5, 0.6) is 0 Å². The van der Waals surface area contributed by atoms with E-state index in [1.165, 1.54) is 35.3 Å². The second-order valence-corrected chi connectivity index (χ2v) is 6.92. The Hall–Kier alpha value is -1.61. The van der Waals surface area contributed by atoms with Gasteiger partial charge in [-0.15, -0.1) is 11.3 Å². The topological polar surface area (TPSA) is 29.1 Å². The Labute approximate surface area is 136 Å². The Bertz CT molecular complexity index is 618. The molecule has 3 rings (SSSR count). The lowest BCUT2D eigenvalue weighted by molar-refractivity contribution is 0.0952. The zero-order valence-corrected chi connectivity index (χ0v) is 13.8. The summed E-state index contributed by atoms with van der Waals surface area (Å²) in [5.41, 5.74) is 3.59. The number of carbonyl (C=O) groups excluding carboxylic acids is 1. The Balaban J connectivity index is 1.51. The second kappa shape index (κ2) is 7.59. The smallest absolute Gasteiger partial charge is 0.252 e. The molecule has 1 aliphatic rings. The van der Waals surface area contributed by atoms with Crippen LogP contribution in [0.3, 0.4) is 0 Å². The van der Waals surface area contributed by atoms with E-state index in [-0.39, 0.29) is 5.91 Å². The molecule has 0 saturated heterocycles. The van der Waals surface area contributed by atoms with Crippen molar-refractivity contribution in [3.63, 3.8) is 0 Å². The maximum Gasteiger partial charge on any atom is 0.252 e. The summed E-state index contributed by atoms with van der Waals surface area (Å²) < 4.78 is 0. The van der Waals surface area contributed by atoms with E-state index in [4.69, 9.17) is 0 Å². The monoisotopic (exact) mass is 313 g/mol. The van der Waals surface area contributed by atoms with E-state index in [0.717, 1.165) is 37.8 Å². The first-order valence-corrected chi connectivity index (χ1v) is 9.14. The van der Waals surface area contributed by atoms with Crippen molar-refractivity contribution < 1.29 is 4.79 Å². The zero-order valence-electron chi connectivity index (χ0n) is 12.9. The summed E-state index contributed by atoms with van der Waals surface area (Å²) >= 11 is 1.77. The number of carbonyl (C=O) groups is 1. The molecule has 0 fully saturated rings. The number of nitrogens with one attached hydrogen (secondary N) is 1. The minimum Gasteiger partial charge on any atom is -0.352 e. The molecular formula is C19H23NOS. The van der Waals surface area contributed by atoms with Gasteiger partial charge in [-0.05, 0) is 49.7 Å². The summed E-state index contributed by atoms with van der Waals surface area (Å²) in [4.78, 5) is 13.8. The van der Waals surface area contributed by atoms with Crippen LogP contribution in [0.15, 0.2) is 35.7 Å². The van der Waals surface area contributed by atoms with Crippen molar-refractivity contribution in [3.8, 4) is 0 Å². The molecule has 22 heavy (non-hydrogen) atoms. The maximum absolute atomic E-state index is 12.4. The number of thiophene rings is 1. The second-order valence-electron chi connectivity index (χ2n) is 5.96. The molecule has 0 radical (unpaired) electrons. The van der Waals surface area contributed by atoms with E-state index in [1.54, 1.807) is 11.3 Å². The SMILES string of the molecule is O=C(NCCCc1ccccc1)c1csc2c1CCCCC2. The number of aryl methyl sites for hydroxylation is 2. The summed E-state index contributed by atoms with van der Waals surface area (Å²) in [6.45, 7) is 0.748. The molecule has 0 unspecified atom stereocenters. The predicted molar refractivity (Wildman–Crippen MR) is 92.7 cm³/mol. The van der Waals surface area contributed by atoms with Crippen LogP contribution in [0, 0.1) is 0 Å². The van der Waals surface area contributed by atoms with Gasteiger partial charge in [-0.1, -0.05) is 36.8 Å². The largest absolute Gasteiger partial charge is 0.352 e.